The average molecular weight is 302 g/mol. The van der Waals surface area contributed by atoms with Gasteiger partial charge in [-0.1, -0.05) is 0 Å². The maximum atomic E-state index is 12.7. The molecule has 17 heavy (non-hydrogen) atoms. The van der Waals surface area contributed by atoms with Crippen LogP contribution in [-0.2, 0) is 15.2 Å². The highest BCUT2D eigenvalue weighted by atomic mass is 35.7. The molecular formula is C8H3ClF3NO2S2. The highest BCUT2D eigenvalue weighted by Crippen LogP contribution is 2.40. The third-order valence-electron chi connectivity index (χ3n) is 1.78. The molecule has 0 heterocycles. The fraction of sp³-hybridized carbons (Fsp3) is 0.125. The second kappa shape index (κ2) is 4.40. The topological polar surface area (TPSA) is 57.9 Å². The molecule has 0 aliphatic heterocycles. The molecule has 0 atom stereocenters. The van der Waals surface area contributed by atoms with Crippen LogP contribution in [0.15, 0.2) is 21.9 Å². The second-order valence-corrected chi connectivity index (χ2v) is 5.87. The Kier molecular flexibility index (Phi) is 3.66. The van der Waals surface area contributed by atoms with Gasteiger partial charge < -0.3 is 0 Å². The van der Waals surface area contributed by atoms with Crippen LogP contribution in [-0.4, -0.2) is 8.42 Å². The van der Waals surface area contributed by atoms with Gasteiger partial charge in [-0.15, -0.1) is 12.6 Å². The summed E-state index contributed by atoms with van der Waals surface area (Å²) < 4.78 is 60.2. The van der Waals surface area contributed by atoms with Crippen molar-refractivity contribution in [3.63, 3.8) is 0 Å². The van der Waals surface area contributed by atoms with Crippen molar-refractivity contribution in [2.24, 2.45) is 0 Å². The van der Waals surface area contributed by atoms with Crippen molar-refractivity contribution in [2.45, 2.75) is 16.0 Å². The van der Waals surface area contributed by atoms with Gasteiger partial charge >= 0.3 is 6.18 Å². The van der Waals surface area contributed by atoms with Gasteiger partial charge in [0.1, 0.15) is 11.0 Å². The van der Waals surface area contributed by atoms with Crippen LogP contribution >= 0.6 is 23.3 Å². The summed E-state index contributed by atoms with van der Waals surface area (Å²) in [6, 6.07) is 3.14. The van der Waals surface area contributed by atoms with Crippen LogP contribution < -0.4 is 0 Å². The Bertz CT molecular complexity index is 604. The maximum Gasteiger partial charge on any atom is 0.418 e. The van der Waals surface area contributed by atoms with E-state index in [4.69, 9.17) is 15.9 Å². The van der Waals surface area contributed by atoms with E-state index in [-0.39, 0.29) is 0 Å². The van der Waals surface area contributed by atoms with Crippen LogP contribution in [0.2, 0.25) is 0 Å². The molecule has 0 spiro atoms. The Labute approximate surface area is 105 Å². The van der Waals surface area contributed by atoms with Crippen molar-refractivity contribution in [1.29, 1.82) is 5.26 Å². The predicted octanol–water partition coefficient (Wildman–Crippen LogP) is 2.79. The van der Waals surface area contributed by atoms with Crippen LogP contribution in [0.4, 0.5) is 13.2 Å². The van der Waals surface area contributed by atoms with Crippen LogP contribution in [0.1, 0.15) is 11.1 Å². The SMILES string of the molecule is N#Cc1ccc(S)c(C(F)(F)F)c1S(=O)(=O)Cl. The van der Waals surface area contributed by atoms with Crippen molar-refractivity contribution in [3.05, 3.63) is 23.3 Å². The van der Waals surface area contributed by atoms with Gasteiger partial charge in [-0.05, 0) is 12.1 Å². The Morgan fingerprint density at radius 3 is 2.24 bits per heavy atom. The lowest BCUT2D eigenvalue weighted by molar-refractivity contribution is -0.142. The van der Waals surface area contributed by atoms with Crippen LogP contribution in [0.25, 0.3) is 0 Å². The molecule has 0 aliphatic carbocycles. The molecule has 92 valence electrons. The highest BCUT2D eigenvalue weighted by molar-refractivity contribution is 8.13. The van der Waals surface area contributed by atoms with Crippen molar-refractivity contribution in [2.75, 3.05) is 0 Å². The molecule has 0 amide bonds. The zero-order chi connectivity index (χ0) is 13.4. The molecule has 0 bridgehead atoms. The molecule has 9 heteroatoms. The van der Waals surface area contributed by atoms with E-state index in [9.17, 15) is 21.6 Å². The molecule has 0 saturated carbocycles. The number of alkyl halides is 3. The number of halogens is 4. The van der Waals surface area contributed by atoms with Crippen LogP contribution in [0.5, 0.6) is 0 Å². The summed E-state index contributed by atoms with van der Waals surface area (Å²) in [4.78, 5) is -1.88. The van der Waals surface area contributed by atoms with E-state index >= 15 is 0 Å². The van der Waals surface area contributed by atoms with Gasteiger partial charge in [-0.3, -0.25) is 0 Å². The average Bonchev–Trinajstić information content (AvgIpc) is 2.13. The quantitative estimate of drug-likeness (QED) is 0.641. The summed E-state index contributed by atoms with van der Waals surface area (Å²) in [6.45, 7) is 0. The summed E-state index contributed by atoms with van der Waals surface area (Å²) in [5, 5.41) is 8.60. The summed E-state index contributed by atoms with van der Waals surface area (Å²) in [7, 11) is 0.212. The number of thiol groups is 1. The summed E-state index contributed by atoms with van der Waals surface area (Å²) in [5.41, 5.74) is -2.21. The molecule has 0 aromatic heterocycles. The molecule has 0 unspecified atom stereocenters. The first-order valence-electron chi connectivity index (χ1n) is 3.87. The number of rotatable bonds is 1. The summed E-state index contributed by atoms with van der Waals surface area (Å²) in [5.74, 6) is 0. The number of nitrogens with zero attached hydrogens (tertiary/aromatic N) is 1. The fourth-order valence-corrected chi connectivity index (χ4v) is 2.90. The molecule has 1 aromatic carbocycles. The van der Waals surface area contributed by atoms with Crippen molar-refractivity contribution in [3.8, 4) is 6.07 Å². The molecular weight excluding hydrogens is 299 g/mol. The third-order valence-corrected chi connectivity index (χ3v) is 3.53. The van der Waals surface area contributed by atoms with Crippen LogP contribution in [0, 0.1) is 11.3 Å². The minimum atomic E-state index is -4.97. The van der Waals surface area contributed by atoms with E-state index in [2.05, 4.69) is 12.6 Å². The molecule has 0 aliphatic rings. The Hall–Kier alpha value is -0.910. The molecule has 1 rings (SSSR count). The molecule has 0 radical (unpaired) electrons. The number of benzene rings is 1. The second-order valence-electron chi connectivity index (χ2n) is 2.88. The third kappa shape index (κ3) is 2.86. The first-order chi connectivity index (χ1) is 7.59. The number of hydrogen-bond donors (Lipinski definition) is 1. The van der Waals surface area contributed by atoms with E-state index in [1.807, 2.05) is 0 Å². The highest BCUT2D eigenvalue weighted by Gasteiger charge is 2.40. The van der Waals surface area contributed by atoms with Gasteiger partial charge in [0.2, 0.25) is 0 Å². The number of nitriles is 1. The Balaban J connectivity index is 3.88. The largest absolute Gasteiger partial charge is 0.418 e. The van der Waals surface area contributed by atoms with E-state index in [0.717, 1.165) is 12.1 Å². The number of hydrogen-bond acceptors (Lipinski definition) is 4. The minimum absolute atomic E-state index is 0.615. The lowest BCUT2D eigenvalue weighted by Gasteiger charge is -2.14. The van der Waals surface area contributed by atoms with E-state index in [0.29, 0.717) is 0 Å². The smallest absolute Gasteiger partial charge is 0.207 e. The summed E-state index contributed by atoms with van der Waals surface area (Å²) in [6.07, 6.45) is -4.97. The monoisotopic (exact) mass is 301 g/mol. The van der Waals surface area contributed by atoms with E-state index in [1.54, 1.807) is 0 Å². The van der Waals surface area contributed by atoms with E-state index in [1.165, 1.54) is 6.07 Å². The Morgan fingerprint density at radius 1 is 1.35 bits per heavy atom. The lowest BCUT2D eigenvalue weighted by atomic mass is 10.1. The van der Waals surface area contributed by atoms with Crippen molar-refractivity contribution >= 4 is 32.4 Å². The summed E-state index contributed by atoms with van der Waals surface area (Å²) >= 11 is 3.53. The van der Waals surface area contributed by atoms with Gasteiger partial charge in [0, 0.05) is 15.6 Å². The first kappa shape index (κ1) is 14.2. The molecule has 1 aromatic rings. The predicted molar refractivity (Wildman–Crippen MR) is 56.4 cm³/mol. The minimum Gasteiger partial charge on any atom is -0.207 e. The van der Waals surface area contributed by atoms with Crippen molar-refractivity contribution < 1.29 is 21.6 Å². The van der Waals surface area contributed by atoms with Gasteiger partial charge in [0.25, 0.3) is 9.05 Å². The van der Waals surface area contributed by atoms with E-state index < -0.39 is 36.1 Å². The molecule has 0 N–H and O–H groups in total. The van der Waals surface area contributed by atoms with Crippen molar-refractivity contribution in [1.82, 2.24) is 0 Å². The van der Waals surface area contributed by atoms with Gasteiger partial charge in [-0.25, -0.2) is 8.42 Å². The zero-order valence-electron chi connectivity index (χ0n) is 7.79. The first-order valence-corrected chi connectivity index (χ1v) is 6.62. The molecule has 3 nitrogen and oxygen atoms in total. The molecule has 0 fully saturated rings. The van der Waals surface area contributed by atoms with Gasteiger partial charge in [0.15, 0.2) is 0 Å². The van der Waals surface area contributed by atoms with Gasteiger partial charge in [-0.2, -0.15) is 18.4 Å². The standard InChI is InChI=1S/C8H3ClF3NO2S2/c9-17(14,15)7-4(3-13)1-2-5(16)6(7)8(10,11)12/h1-2,16H. The maximum absolute atomic E-state index is 12.7. The zero-order valence-corrected chi connectivity index (χ0v) is 10.3. The normalized spacial score (nSPS) is 12.2. The Morgan fingerprint density at radius 2 is 1.88 bits per heavy atom. The lowest BCUT2D eigenvalue weighted by Crippen LogP contribution is -2.13. The molecule has 0 saturated heterocycles. The van der Waals surface area contributed by atoms with Gasteiger partial charge in [0.05, 0.1) is 11.1 Å². The fourth-order valence-electron chi connectivity index (χ4n) is 1.19. The van der Waals surface area contributed by atoms with Crippen LogP contribution in [0.3, 0.4) is 0 Å².